The highest BCUT2D eigenvalue weighted by Crippen LogP contribution is 2.39. The van der Waals surface area contributed by atoms with Crippen LogP contribution in [0.3, 0.4) is 0 Å². The van der Waals surface area contributed by atoms with Gasteiger partial charge in [-0.2, -0.15) is 17.5 Å². The normalized spacial score (nSPS) is 12.8. The number of aliphatic carboxylic acids is 1. The first-order valence-electron chi connectivity index (χ1n) is 8.78. The Kier molecular flexibility index (Phi) is 9.12. The van der Waals surface area contributed by atoms with Gasteiger partial charge in [0.2, 0.25) is 0 Å². The second kappa shape index (κ2) is 11.2. The van der Waals surface area contributed by atoms with Crippen LogP contribution in [-0.2, 0) is 14.5 Å². The zero-order valence-electron chi connectivity index (χ0n) is 16.8. The second-order valence-corrected chi connectivity index (χ2v) is 11.3. The van der Waals surface area contributed by atoms with Crippen molar-refractivity contribution in [1.82, 2.24) is 0 Å². The molecule has 0 aliphatic heterocycles. The molecule has 33 heavy (non-hydrogen) atoms. The van der Waals surface area contributed by atoms with Crippen LogP contribution in [0.15, 0.2) is 83.5 Å². The van der Waals surface area contributed by atoms with Crippen LogP contribution < -0.4 is 5.73 Å². The first-order chi connectivity index (χ1) is 15.4. The molecule has 1 atom stereocenters. The number of nitrogens with one attached hydrogen (secondary N) is 1. The van der Waals surface area contributed by atoms with Gasteiger partial charge in [0.25, 0.3) is 0 Å². The zero-order valence-corrected chi connectivity index (χ0v) is 20.8. The summed E-state index contributed by atoms with van der Waals surface area (Å²) in [5.74, 6) is -2.79. The minimum atomic E-state index is -5.08. The summed E-state index contributed by atoms with van der Waals surface area (Å²) < 4.78 is 52.3. The molecular weight excluding hydrogens is 563 g/mol. The summed E-state index contributed by atoms with van der Waals surface area (Å²) in [6.45, 7) is 0. The predicted octanol–water partition coefficient (Wildman–Crippen LogP) is 6.37. The van der Waals surface area contributed by atoms with E-state index >= 15 is 0 Å². The van der Waals surface area contributed by atoms with Gasteiger partial charge in [0, 0.05) is 4.47 Å². The van der Waals surface area contributed by atoms with Gasteiger partial charge in [-0.25, -0.2) is 9.00 Å². The molecule has 4 N–H and O–H groups in total. The molecule has 0 radical (unpaired) electrons. The summed E-state index contributed by atoms with van der Waals surface area (Å²) in [4.78, 5) is 10.7. The number of carboxylic acids is 1. The molecule has 0 aliphatic rings. The van der Waals surface area contributed by atoms with Crippen LogP contribution in [-0.4, -0.2) is 33.6 Å². The average Bonchev–Trinajstić information content (AvgIpc) is 3.20. The Hall–Kier alpha value is -2.35. The molecule has 0 saturated carbocycles. The van der Waals surface area contributed by atoms with Crippen LogP contribution in [0.5, 0.6) is 0 Å². The highest BCUT2D eigenvalue weighted by Gasteiger charge is 2.38. The maximum Gasteiger partial charge on any atom is 0.490 e. The number of amidine groups is 1. The summed E-state index contributed by atoms with van der Waals surface area (Å²) in [5.41, 5.74) is 6.30. The summed E-state index contributed by atoms with van der Waals surface area (Å²) in [5, 5.41) is 14.9. The van der Waals surface area contributed by atoms with Crippen molar-refractivity contribution in [3.63, 3.8) is 0 Å². The maximum absolute atomic E-state index is 14.2. The number of alkyl halides is 3. The van der Waals surface area contributed by atoms with E-state index < -0.39 is 21.9 Å². The van der Waals surface area contributed by atoms with Crippen LogP contribution in [0.1, 0.15) is 4.88 Å². The third-order valence-electron chi connectivity index (χ3n) is 3.76. The zero-order chi connectivity index (χ0) is 24.8. The van der Waals surface area contributed by atoms with E-state index in [1.807, 2.05) is 60.9 Å². The Morgan fingerprint density at radius 2 is 1.79 bits per heavy atom. The van der Waals surface area contributed by atoms with Crippen LogP contribution in [0.4, 0.5) is 18.9 Å². The van der Waals surface area contributed by atoms with E-state index in [9.17, 15) is 17.4 Å². The Balaban J connectivity index is 0.000000479. The van der Waals surface area contributed by atoms with Crippen LogP contribution in [0.2, 0.25) is 0 Å². The summed E-state index contributed by atoms with van der Waals surface area (Å²) >= 11 is 6.30. The number of halogens is 4. The second-order valence-electron chi connectivity index (χ2n) is 6.09. The molecule has 0 bridgehead atoms. The van der Waals surface area contributed by atoms with Crippen molar-refractivity contribution in [2.45, 2.75) is 20.2 Å². The number of carbonyl (C=O) groups is 1. The number of rotatable bonds is 5. The lowest BCUT2D eigenvalue weighted by molar-refractivity contribution is -0.192. The largest absolute Gasteiger partial charge is 0.490 e. The fraction of sp³-hybridized carbons (Fsp3) is 0.100. The van der Waals surface area contributed by atoms with E-state index in [-0.39, 0.29) is 5.84 Å². The minimum Gasteiger partial charge on any atom is -0.475 e. The van der Waals surface area contributed by atoms with Gasteiger partial charge in [-0.15, -0.1) is 23.1 Å². The molecule has 1 aromatic heterocycles. The summed E-state index contributed by atoms with van der Waals surface area (Å²) in [6, 6.07) is 18.4. The monoisotopic (exact) mass is 579 g/mol. The number of hydrogen-bond donors (Lipinski definition) is 3. The number of thiophene rings is 1. The van der Waals surface area contributed by atoms with Crippen molar-refractivity contribution in [2.75, 3.05) is 6.26 Å². The third kappa shape index (κ3) is 7.06. The first kappa shape index (κ1) is 26.9. The lowest BCUT2D eigenvalue weighted by Gasteiger charge is -2.11. The highest BCUT2D eigenvalue weighted by atomic mass is 79.9. The van der Waals surface area contributed by atoms with Crippen molar-refractivity contribution in [3.8, 4) is 0 Å². The van der Waals surface area contributed by atoms with Crippen LogP contribution in [0.25, 0.3) is 0 Å². The van der Waals surface area contributed by atoms with E-state index in [2.05, 4.69) is 20.3 Å². The number of nitrogen functional groups attached to an aromatic ring is 1. The summed E-state index contributed by atoms with van der Waals surface area (Å²) in [6.07, 6.45) is -3.16. The molecule has 0 amide bonds. The molecule has 176 valence electrons. The number of carboxylic acid groups (broad SMARTS) is 1. The van der Waals surface area contributed by atoms with Gasteiger partial charge in [0.05, 0.1) is 24.6 Å². The molecule has 0 aliphatic carbocycles. The molecular formula is C20H17BrF3N3O3S3. The van der Waals surface area contributed by atoms with Gasteiger partial charge in [0.1, 0.15) is 15.6 Å². The molecule has 0 spiro atoms. The standard InChI is InChI=1S/C18H16BrN3OS3.C2HF3O2/c1-24-18-16(11-15(25-18)17(20)21)26(23,14-9-5-6-12(19)10-14)22-13-7-3-2-4-8-13;3-2(4,5)1(6)7/h2-11H,1H3,(H3,20,21);(H,6,7). The first-order valence-corrected chi connectivity index (χ1v) is 13.1. The van der Waals surface area contributed by atoms with Crippen molar-refractivity contribution >= 4 is 66.2 Å². The third-order valence-corrected chi connectivity index (χ3v) is 9.10. The fourth-order valence-electron chi connectivity index (χ4n) is 2.33. The minimum absolute atomic E-state index is 0.0350. The molecule has 6 nitrogen and oxygen atoms in total. The van der Waals surface area contributed by atoms with E-state index in [0.717, 1.165) is 8.68 Å². The number of hydrogen-bond acceptors (Lipinski definition) is 6. The smallest absolute Gasteiger partial charge is 0.475 e. The number of nitrogens with two attached hydrogens (primary N) is 1. The van der Waals surface area contributed by atoms with Crippen molar-refractivity contribution in [3.05, 3.63) is 70.0 Å². The van der Waals surface area contributed by atoms with Gasteiger partial charge in [-0.05, 0) is 42.7 Å². The van der Waals surface area contributed by atoms with E-state index in [0.29, 0.717) is 20.4 Å². The maximum atomic E-state index is 14.2. The Labute approximate surface area is 204 Å². The van der Waals surface area contributed by atoms with Crippen molar-refractivity contribution in [2.24, 2.45) is 10.1 Å². The van der Waals surface area contributed by atoms with Crippen LogP contribution in [0, 0.1) is 5.41 Å². The lowest BCUT2D eigenvalue weighted by atomic mass is 10.3. The van der Waals surface area contributed by atoms with E-state index in [1.165, 1.54) is 23.1 Å². The highest BCUT2D eigenvalue weighted by molar-refractivity contribution is 9.10. The SMILES string of the molecule is CSc1sc(C(=N)N)cc1S(=O)(=Nc1ccccc1)c1cccc(Br)c1.O=C(O)C(F)(F)F. The lowest BCUT2D eigenvalue weighted by Crippen LogP contribution is -2.21. The Bertz CT molecular complexity index is 1270. The molecule has 2 aromatic carbocycles. The Morgan fingerprint density at radius 3 is 2.27 bits per heavy atom. The molecule has 13 heteroatoms. The van der Waals surface area contributed by atoms with Crippen molar-refractivity contribution < 1.29 is 27.3 Å². The average molecular weight is 580 g/mol. The van der Waals surface area contributed by atoms with Gasteiger partial charge in [0.15, 0.2) is 0 Å². The predicted molar refractivity (Wildman–Crippen MR) is 128 cm³/mol. The number of nitrogens with zero attached hydrogens (tertiary/aromatic N) is 1. The molecule has 3 aromatic rings. The van der Waals surface area contributed by atoms with Gasteiger partial charge in [-0.3, -0.25) is 5.41 Å². The molecule has 1 unspecified atom stereocenters. The van der Waals surface area contributed by atoms with Crippen LogP contribution >= 0.6 is 39.0 Å². The van der Waals surface area contributed by atoms with Gasteiger partial charge in [-0.1, -0.05) is 40.2 Å². The molecule has 0 fully saturated rings. The van der Waals surface area contributed by atoms with E-state index in [4.69, 9.17) is 21.0 Å². The molecule has 3 rings (SSSR count). The number of thioether (sulfide) groups is 1. The molecule has 0 saturated heterocycles. The topological polar surface area (TPSA) is 117 Å². The quantitative estimate of drug-likeness (QED) is 0.184. The number of benzene rings is 2. The summed E-state index contributed by atoms with van der Waals surface area (Å²) in [7, 11) is -2.95. The van der Waals surface area contributed by atoms with E-state index in [1.54, 1.807) is 6.07 Å². The molecule has 1 heterocycles. The van der Waals surface area contributed by atoms with Crippen molar-refractivity contribution in [1.29, 1.82) is 5.41 Å². The fourth-order valence-corrected chi connectivity index (χ4v) is 7.45. The van der Waals surface area contributed by atoms with Gasteiger partial charge >= 0.3 is 12.1 Å². The van der Waals surface area contributed by atoms with Gasteiger partial charge < -0.3 is 10.8 Å². The Morgan fingerprint density at radius 1 is 1.18 bits per heavy atom.